The van der Waals surface area contributed by atoms with Crippen molar-refractivity contribution in [2.75, 3.05) is 13.2 Å². The van der Waals surface area contributed by atoms with Crippen molar-refractivity contribution in [1.82, 2.24) is 5.32 Å². The van der Waals surface area contributed by atoms with Crippen LogP contribution in [0.3, 0.4) is 0 Å². The number of ether oxygens (including phenoxy) is 1. The van der Waals surface area contributed by atoms with Crippen molar-refractivity contribution in [3.63, 3.8) is 0 Å². The average Bonchev–Trinajstić information content (AvgIpc) is 2.60. The Labute approximate surface area is 106 Å². The van der Waals surface area contributed by atoms with Gasteiger partial charge in [0.05, 0.1) is 10.4 Å². The van der Waals surface area contributed by atoms with E-state index >= 15 is 0 Å². The molecule has 0 aromatic carbocycles. The molecule has 1 aromatic heterocycles. The standard InChI is InChI=1S/C12H18ClNOS/c1-2-15-10-7-9(8-10)14-6-5-11-3-4-12(13)16-11/h3-4,9-10,14H,2,5-8H2,1H3. The van der Waals surface area contributed by atoms with Crippen molar-refractivity contribution < 1.29 is 4.74 Å². The predicted molar refractivity (Wildman–Crippen MR) is 69.5 cm³/mol. The van der Waals surface area contributed by atoms with Gasteiger partial charge in [-0.25, -0.2) is 0 Å². The minimum absolute atomic E-state index is 0.499. The molecule has 0 unspecified atom stereocenters. The maximum Gasteiger partial charge on any atom is 0.0931 e. The highest BCUT2D eigenvalue weighted by Gasteiger charge is 2.28. The third-order valence-electron chi connectivity index (χ3n) is 2.93. The third-order valence-corrected chi connectivity index (χ3v) is 4.22. The molecule has 0 amide bonds. The molecule has 1 fully saturated rings. The van der Waals surface area contributed by atoms with Gasteiger partial charge in [-0.1, -0.05) is 11.6 Å². The van der Waals surface area contributed by atoms with E-state index in [1.165, 1.54) is 17.7 Å². The van der Waals surface area contributed by atoms with E-state index in [9.17, 15) is 0 Å². The van der Waals surface area contributed by atoms with E-state index in [1.54, 1.807) is 11.3 Å². The van der Waals surface area contributed by atoms with Crippen molar-refractivity contribution in [3.05, 3.63) is 21.3 Å². The van der Waals surface area contributed by atoms with Gasteiger partial charge in [0.1, 0.15) is 0 Å². The van der Waals surface area contributed by atoms with E-state index in [4.69, 9.17) is 16.3 Å². The molecule has 90 valence electrons. The molecule has 1 aromatic rings. The van der Waals surface area contributed by atoms with Gasteiger partial charge in [0.2, 0.25) is 0 Å². The summed E-state index contributed by atoms with van der Waals surface area (Å²) in [5, 5.41) is 3.55. The summed E-state index contributed by atoms with van der Waals surface area (Å²) < 4.78 is 6.40. The lowest BCUT2D eigenvalue weighted by atomic mass is 9.89. The van der Waals surface area contributed by atoms with Crippen LogP contribution in [0.25, 0.3) is 0 Å². The molecule has 0 bridgehead atoms. The molecule has 0 spiro atoms. The summed E-state index contributed by atoms with van der Waals surface area (Å²) in [6.45, 7) is 3.94. The van der Waals surface area contributed by atoms with E-state index in [0.717, 1.165) is 23.9 Å². The Morgan fingerprint density at radius 1 is 1.50 bits per heavy atom. The Kier molecular flexibility index (Phi) is 4.65. The predicted octanol–water partition coefficient (Wildman–Crippen LogP) is 3.10. The molecule has 0 saturated heterocycles. The first-order chi connectivity index (χ1) is 7.78. The molecule has 1 saturated carbocycles. The monoisotopic (exact) mass is 259 g/mol. The number of hydrogen-bond acceptors (Lipinski definition) is 3. The van der Waals surface area contributed by atoms with E-state index in [2.05, 4.69) is 18.3 Å². The molecule has 2 nitrogen and oxygen atoms in total. The third kappa shape index (κ3) is 3.45. The van der Waals surface area contributed by atoms with Gasteiger partial charge in [-0.3, -0.25) is 0 Å². The quantitative estimate of drug-likeness (QED) is 0.848. The van der Waals surface area contributed by atoms with Crippen molar-refractivity contribution >= 4 is 22.9 Å². The normalized spacial score (nSPS) is 24.4. The number of thiophene rings is 1. The van der Waals surface area contributed by atoms with Crippen LogP contribution >= 0.6 is 22.9 Å². The maximum atomic E-state index is 5.88. The Hall–Kier alpha value is -0.0900. The second-order valence-electron chi connectivity index (χ2n) is 4.16. The molecule has 0 radical (unpaired) electrons. The Bertz CT molecular complexity index is 323. The molecule has 4 heteroatoms. The van der Waals surface area contributed by atoms with E-state index in [-0.39, 0.29) is 0 Å². The summed E-state index contributed by atoms with van der Waals surface area (Å²) >= 11 is 7.55. The van der Waals surface area contributed by atoms with E-state index in [0.29, 0.717) is 12.1 Å². The first-order valence-electron chi connectivity index (χ1n) is 5.87. The molecule has 16 heavy (non-hydrogen) atoms. The van der Waals surface area contributed by atoms with Gasteiger partial charge in [0, 0.05) is 24.1 Å². The summed E-state index contributed by atoms with van der Waals surface area (Å²) in [7, 11) is 0. The van der Waals surface area contributed by atoms with E-state index in [1.807, 2.05) is 6.07 Å². The van der Waals surface area contributed by atoms with Crippen molar-refractivity contribution in [1.29, 1.82) is 0 Å². The van der Waals surface area contributed by atoms with Crippen LogP contribution in [0.2, 0.25) is 4.34 Å². The van der Waals surface area contributed by atoms with Crippen molar-refractivity contribution in [2.24, 2.45) is 0 Å². The molecule has 1 heterocycles. The van der Waals surface area contributed by atoms with Gasteiger partial charge >= 0.3 is 0 Å². The number of halogens is 1. The minimum atomic E-state index is 0.499. The van der Waals surface area contributed by atoms with Gasteiger partial charge in [-0.2, -0.15) is 0 Å². The molecule has 0 atom stereocenters. The SMILES string of the molecule is CCOC1CC(NCCc2ccc(Cl)s2)C1. The fourth-order valence-electron chi connectivity index (χ4n) is 1.99. The van der Waals surface area contributed by atoms with Crippen LogP contribution in [0.15, 0.2) is 12.1 Å². The summed E-state index contributed by atoms with van der Waals surface area (Å²) in [6, 6.07) is 4.74. The van der Waals surface area contributed by atoms with Crippen molar-refractivity contribution in [2.45, 2.75) is 38.3 Å². The fraction of sp³-hybridized carbons (Fsp3) is 0.667. The van der Waals surface area contributed by atoms with Crippen LogP contribution in [0.4, 0.5) is 0 Å². The van der Waals surface area contributed by atoms with Crippen LogP contribution in [0.5, 0.6) is 0 Å². The number of hydrogen-bond donors (Lipinski definition) is 1. The lowest BCUT2D eigenvalue weighted by molar-refractivity contribution is -0.00959. The van der Waals surface area contributed by atoms with Gasteiger partial charge in [0.15, 0.2) is 0 Å². The van der Waals surface area contributed by atoms with Crippen LogP contribution in [0.1, 0.15) is 24.6 Å². The Morgan fingerprint density at radius 2 is 2.31 bits per heavy atom. The fourth-order valence-corrected chi connectivity index (χ4v) is 3.08. The highest BCUT2D eigenvalue weighted by Crippen LogP contribution is 2.24. The summed E-state index contributed by atoms with van der Waals surface area (Å²) in [4.78, 5) is 1.36. The van der Waals surface area contributed by atoms with Crippen LogP contribution in [0, 0.1) is 0 Å². The van der Waals surface area contributed by atoms with Crippen molar-refractivity contribution in [3.8, 4) is 0 Å². The maximum absolute atomic E-state index is 5.88. The lowest BCUT2D eigenvalue weighted by Gasteiger charge is -2.35. The molecule has 0 aliphatic heterocycles. The second-order valence-corrected chi connectivity index (χ2v) is 5.96. The first kappa shape index (κ1) is 12.4. The first-order valence-corrected chi connectivity index (χ1v) is 7.06. The zero-order chi connectivity index (χ0) is 11.4. The molecular formula is C12H18ClNOS. The lowest BCUT2D eigenvalue weighted by Crippen LogP contribution is -2.46. The van der Waals surface area contributed by atoms with Crippen LogP contribution in [-0.2, 0) is 11.2 Å². The number of rotatable bonds is 6. The summed E-state index contributed by atoms with van der Waals surface area (Å²) in [5.74, 6) is 0. The Balaban J connectivity index is 1.56. The topological polar surface area (TPSA) is 21.3 Å². The largest absolute Gasteiger partial charge is 0.378 e. The van der Waals surface area contributed by atoms with Gasteiger partial charge in [-0.15, -0.1) is 11.3 Å². The second kappa shape index (κ2) is 6.01. The summed E-state index contributed by atoms with van der Waals surface area (Å²) in [6.07, 6.45) is 3.91. The van der Waals surface area contributed by atoms with Crippen LogP contribution in [-0.4, -0.2) is 25.3 Å². The minimum Gasteiger partial charge on any atom is -0.378 e. The molecular weight excluding hydrogens is 242 g/mol. The van der Waals surface area contributed by atoms with Gasteiger partial charge in [-0.05, 0) is 38.3 Å². The summed E-state index contributed by atoms with van der Waals surface area (Å²) in [5.41, 5.74) is 0. The van der Waals surface area contributed by atoms with Crippen LogP contribution < -0.4 is 5.32 Å². The highest BCUT2D eigenvalue weighted by atomic mass is 35.5. The Morgan fingerprint density at radius 3 is 2.94 bits per heavy atom. The average molecular weight is 260 g/mol. The molecule has 1 aliphatic carbocycles. The highest BCUT2D eigenvalue weighted by molar-refractivity contribution is 7.16. The molecule has 1 N–H and O–H groups in total. The number of nitrogens with one attached hydrogen (secondary N) is 1. The zero-order valence-corrected chi connectivity index (χ0v) is 11.1. The molecule has 2 rings (SSSR count). The van der Waals surface area contributed by atoms with Gasteiger partial charge < -0.3 is 10.1 Å². The smallest absolute Gasteiger partial charge is 0.0931 e. The van der Waals surface area contributed by atoms with E-state index < -0.39 is 0 Å². The zero-order valence-electron chi connectivity index (χ0n) is 9.54. The van der Waals surface area contributed by atoms with Gasteiger partial charge in [0.25, 0.3) is 0 Å². The molecule has 1 aliphatic rings.